The number of aromatic nitrogens is 1. The van der Waals surface area contributed by atoms with E-state index in [1.807, 2.05) is 12.1 Å². The Labute approximate surface area is 171 Å². The quantitative estimate of drug-likeness (QED) is 0.609. The van der Waals surface area contributed by atoms with Crippen LogP contribution in [0.1, 0.15) is 36.2 Å². The Morgan fingerprint density at radius 1 is 0.966 bits per heavy atom. The van der Waals surface area contributed by atoms with Crippen LogP contribution in [0, 0.1) is 0 Å². The Bertz CT molecular complexity index is 911. The highest BCUT2D eigenvalue weighted by molar-refractivity contribution is 7.89. The lowest BCUT2D eigenvalue weighted by Gasteiger charge is -2.18. The van der Waals surface area contributed by atoms with Gasteiger partial charge in [-0.3, -0.25) is 14.6 Å². The van der Waals surface area contributed by atoms with Crippen LogP contribution in [0.2, 0.25) is 0 Å². The van der Waals surface area contributed by atoms with Crippen molar-refractivity contribution in [1.29, 1.82) is 0 Å². The van der Waals surface area contributed by atoms with E-state index in [1.165, 1.54) is 28.6 Å². The van der Waals surface area contributed by atoms with Gasteiger partial charge < -0.3 is 10.6 Å². The van der Waals surface area contributed by atoms with Gasteiger partial charge in [0.25, 0.3) is 5.91 Å². The first-order chi connectivity index (χ1) is 13.9. The van der Waals surface area contributed by atoms with Crippen LogP contribution in [0.25, 0.3) is 0 Å². The number of benzene rings is 1. The predicted octanol–water partition coefficient (Wildman–Crippen LogP) is 1.55. The minimum Gasteiger partial charge on any atom is -0.352 e. The Hall–Kier alpha value is -2.78. The van der Waals surface area contributed by atoms with Gasteiger partial charge in [0.15, 0.2) is 0 Å². The molecule has 2 rings (SSSR count). The molecule has 2 N–H and O–H groups in total. The monoisotopic (exact) mass is 418 g/mol. The summed E-state index contributed by atoms with van der Waals surface area (Å²) < 4.78 is 26.3. The third-order valence-corrected chi connectivity index (χ3v) is 6.40. The standard InChI is InChI=1S/C20H26N4O4S/c1-3-24(4-2)29(27,28)18-7-5-17(6-8-18)20(26)22-14-11-19(25)23-15-16-9-12-21-13-10-16/h5-10,12-13H,3-4,11,14-15H2,1-2H3,(H,22,26)(H,23,25). The van der Waals surface area contributed by atoms with E-state index in [9.17, 15) is 18.0 Å². The van der Waals surface area contributed by atoms with Gasteiger partial charge in [-0.15, -0.1) is 0 Å². The Kier molecular flexibility index (Phi) is 8.29. The molecule has 2 aromatic rings. The normalized spacial score (nSPS) is 11.3. The fourth-order valence-electron chi connectivity index (χ4n) is 2.67. The van der Waals surface area contributed by atoms with Crippen molar-refractivity contribution in [3.63, 3.8) is 0 Å². The number of hydrogen-bond donors (Lipinski definition) is 2. The molecule has 8 nitrogen and oxygen atoms in total. The van der Waals surface area contributed by atoms with E-state index in [-0.39, 0.29) is 29.7 Å². The van der Waals surface area contributed by atoms with Gasteiger partial charge in [-0.1, -0.05) is 13.8 Å². The number of pyridine rings is 1. The van der Waals surface area contributed by atoms with Gasteiger partial charge in [0.2, 0.25) is 15.9 Å². The number of amides is 2. The summed E-state index contributed by atoms with van der Waals surface area (Å²) in [6.07, 6.45) is 3.45. The van der Waals surface area contributed by atoms with Crippen LogP contribution in [0.4, 0.5) is 0 Å². The molecule has 1 heterocycles. The summed E-state index contributed by atoms with van der Waals surface area (Å²) in [7, 11) is -3.56. The van der Waals surface area contributed by atoms with Crippen LogP contribution in [-0.2, 0) is 21.4 Å². The van der Waals surface area contributed by atoms with Crippen molar-refractivity contribution in [3.8, 4) is 0 Å². The van der Waals surface area contributed by atoms with Gasteiger partial charge in [0, 0.05) is 50.6 Å². The number of hydrogen-bond acceptors (Lipinski definition) is 5. The third kappa shape index (κ3) is 6.37. The van der Waals surface area contributed by atoms with E-state index in [1.54, 1.807) is 26.2 Å². The lowest BCUT2D eigenvalue weighted by Crippen LogP contribution is -2.31. The smallest absolute Gasteiger partial charge is 0.251 e. The lowest BCUT2D eigenvalue weighted by molar-refractivity contribution is -0.121. The molecule has 156 valence electrons. The number of sulfonamides is 1. The molecule has 0 spiro atoms. The van der Waals surface area contributed by atoms with E-state index in [0.29, 0.717) is 25.2 Å². The fraction of sp³-hybridized carbons (Fsp3) is 0.350. The minimum atomic E-state index is -3.56. The third-order valence-electron chi connectivity index (χ3n) is 4.34. The van der Waals surface area contributed by atoms with Gasteiger partial charge in [-0.25, -0.2) is 8.42 Å². The molecule has 0 fully saturated rings. The predicted molar refractivity (Wildman–Crippen MR) is 110 cm³/mol. The van der Waals surface area contributed by atoms with Crippen molar-refractivity contribution in [2.75, 3.05) is 19.6 Å². The van der Waals surface area contributed by atoms with Gasteiger partial charge in [-0.05, 0) is 42.0 Å². The second-order valence-corrected chi connectivity index (χ2v) is 8.19. The molecule has 0 atom stereocenters. The highest BCUT2D eigenvalue weighted by Crippen LogP contribution is 2.16. The molecule has 2 amide bonds. The van der Waals surface area contributed by atoms with Crippen LogP contribution in [0.3, 0.4) is 0 Å². The van der Waals surface area contributed by atoms with Gasteiger partial charge >= 0.3 is 0 Å². The summed E-state index contributed by atoms with van der Waals surface area (Å²) in [5.41, 5.74) is 1.28. The second-order valence-electron chi connectivity index (χ2n) is 6.25. The molecule has 0 radical (unpaired) electrons. The molecule has 0 bridgehead atoms. The summed E-state index contributed by atoms with van der Waals surface area (Å²) >= 11 is 0. The highest BCUT2D eigenvalue weighted by atomic mass is 32.2. The Balaban J connectivity index is 1.82. The first-order valence-electron chi connectivity index (χ1n) is 9.42. The van der Waals surface area contributed by atoms with Crippen molar-refractivity contribution in [1.82, 2.24) is 19.9 Å². The molecule has 0 unspecified atom stereocenters. The average molecular weight is 419 g/mol. The van der Waals surface area contributed by atoms with Crippen LogP contribution >= 0.6 is 0 Å². The number of nitrogens with zero attached hydrogens (tertiary/aromatic N) is 2. The first-order valence-corrected chi connectivity index (χ1v) is 10.9. The van der Waals surface area contributed by atoms with E-state index in [2.05, 4.69) is 15.6 Å². The van der Waals surface area contributed by atoms with E-state index in [0.717, 1.165) is 5.56 Å². The molecular weight excluding hydrogens is 392 g/mol. The van der Waals surface area contributed by atoms with Crippen LogP contribution in [-0.4, -0.2) is 49.2 Å². The Morgan fingerprint density at radius 3 is 2.17 bits per heavy atom. The zero-order chi connectivity index (χ0) is 21.3. The fourth-order valence-corrected chi connectivity index (χ4v) is 4.13. The number of rotatable bonds is 10. The van der Waals surface area contributed by atoms with Gasteiger partial charge in [-0.2, -0.15) is 4.31 Å². The maximum atomic E-state index is 12.5. The minimum absolute atomic E-state index is 0.144. The maximum absolute atomic E-state index is 12.5. The van der Waals surface area contributed by atoms with Crippen LogP contribution in [0.5, 0.6) is 0 Å². The first kappa shape index (κ1) is 22.5. The largest absolute Gasteiger partial charge is 0.352 e. The maximum Gasteiger partial charge on any atom is 0.251 e. The number of nitrogens with one attached hydrogen (secondary N) is 2. The van der Waals surface area contributed by atoms with Crippen molar-refractivity contribution in [3.05, 3.63) is 59.9 Å². The van der Waals surface area contributed by atoms with E-state index < -0.39 is 10.0 Å². The zero-order valence-corrected chi connectivity index (χ0v) is 17.4. The molecule has 0 aliphatic heterocycles. The van der Waals surface area contributed by atoms with Crippen molar-refractivity contribution in [2.24, 2.45) is 0 Å². The van der Waals surface area contributed by atoms with Crippen LogP contribution in [0.15, 0.2) is 53.7 Å². The van der Waals surface area contributed by atoms with Gasteiger partial charge in [0.05, 0.1) is 4.90 Å². The average Bonchev–Trinajstić information content (AvgIpc) is 2.73. The topological polar surface area (TPSA) is 108 Å². The SMILES string of the molecule is CCN(CC)S(=O)(=O)c1ccc(C(=O)NCCC(=O)NCc2ccncc2)cc1. The van der Waals surface area contributed by atoms with Crippen molar-refractivity contribution >= 4 is 21.8 Å². The van der Waals surface area contributed by atoms with Crippen LogP contribution < -0.4 is 10.6 Å². The lowest BCUT2D eigenvalue weighted by atomic mass is 10.2. The van der Waals surface area contributed by atoms with Crippen molar-refractivity contribution in [2.45, 2.75) is 31.7 Å². The second kappa shape index (κ2) is 10.7. The highest BCUT2D eigenvalue weighted by Gasteiger charge is 2.21. The summed E-state index contributed by atoms with van der Waals surface area (Å²) in [5.74, 6) is -0.540. The number of carbonyl (C=O) groups excluding carboxylic acids is 2. The molecular formula is C20H26N4O4S. The molecule has 0 aliphatic rings. The molecule has 0 saturated heterocycles. The van der Waals surface area contributed by atoms with E-state index >= 15 is 0 Å². The van der Waals surface area contributed by atoms with Gasteiger partial charge in [0.1, 0.15) is 0 Å². The molecule has 9 heteroatoms. The summed E-state index contributed by atoms with van der Waals surface area (Å²) in [5, 5.41) is 5.43. The Morgan fingerprint density at radius 2 is 1.59 bits per heavy atom. The summed E-state index contributed by atoms with van der Waals surface area (Å²) in [4.78, 5) is 28.1. The summed E-state index contributed by atoms with van der Waals surface area (Å²) in [6.45, 7) is 4.89. The van der Waals surface area contributed by atoms with E-state index in [4.69, 9.17) is 0 Å². The molecule has 29 heavy (non-hydrogen) atoms. The molecule has 1 aromatic carbocycles. The molecule has 0 saturated carbocycles. The zero-order valence-electron chi connectivity index (χ0n) is 16.6. The molecule has 0 aliphatic carbocycles. The summed E-state index contributed by atoms with van der Waals surface area (Å²) in [6, 6.07) is 9.40. The molecule has 1 aromatic heterocycles. The number of carbonyl (C=O) groups is 2. The van der Waals surface area contributed by atoms with Crippen molar-refractivity contribution < 1.29 is 18.0 Å².